The maximum atomic E-state index is 12.2. The molecule has 23 heavy (non-hydrogen) atoms. The fraction of sp³-hybridized carbons (Fsp3) is 0.294. The second-order valence-corrected chi connectivity index (χ2v) is 8.20. The monoisotopic (exact) mass is 346 g/mol. The summed E-state index contributed by atoms with van der Waals surface area (Å²) in [6.45, 7) is 4.36. The third-order valence-corrected chi connectivity index (χ3v) is 5.96. The van der Waals surface area contributed by atoms with Gasteiger partial charge in [0.25, 0.3) is 0 Å². The van der Waals surface area contributed by atoms with Gasteiger partial charge in [-0.1, -0.05) is 43.3 Å². The van der Waals surface area contributed by atoms with Gasteiger partial charge in [0.05, 0.1) is 17.2 Å². The van der Waals surface area contributed by atoms with Crippen LogP contribution in [0.4, 0.5) is 0 Å². The predicted octanol–water partition coefficient (Wildman–Crippen LogP) is 4.37. The molecule has 0 saturated carbocycles. The summed E-state index contributed by atoms with van der Waals surface area (Å²) in [5, 5.41) is 4.76. The molecule has 0 unspecified atom stereocenters. The van der Waals surface area contributed by atoms with Crippen LogP contribution in [0.15, 0.2) is 47.3 Å². The molecular weight excluding hydrogens is 328 g/mol. The first kappa shape index (κ1) is 16.1. The van der Waals surface area contributed by atoms with Crippen LogP contribution in [0, 0.1) is 0 Å². The lowest BCUT2D eigenvalue weighted by atomic mass is 10.0. The molecule has 2 heterocycles. The van der Waals surface area contributed by atoms with Gasteiger partial charge in [-0.15, -0.1) is 11.3 Å². The van der Waals surface area contributed by atoms with Crippen molar-refractivity contribution in [3.63, 3.8) is 0 Å². The van der Waals surface area contributed by atoms with Crippen molar-refractivity contribution in [3.05, 3.63) is 58.9 Å². The number of benzene rings is 1. The van der Waals surface area contributed by atoms with Crippen molar-refractivity contribution in [2.24, 2.45) is 0 Å². The summed E-state index contributed by atoms with van der Waals surface area (Å²) in [4.78, 5) is 5.48. The summed E-state index contributed by atoms with van der Waals surface area (Å²) < 4.78 is 16.9. The Balaban J connectivity index is 1.66. The van der Waals surface area contributed by atoms with Gasteiger partial charge in [-0.05, 0) is 11.5 Å². The van der Waals surface area contributed by atoms with E-state index in [4.69, 9.17) is 4.52 Å². The molecule has 0 radical (unpaired) electrons. The summed E-state index contributed by atoms with van der Waals surface area (Å²) >= 11 is 1.59. The number of hydrogen-bond donors (Lipinski definition) is 0. The Hall–Kier alpha value is -1.79. The zero-order valence-corrected chi connectivity index (χ0v) is 14.7. The van der Waals surface area contributed by atoms with E-state index in [0.29, 0.717) is 17.4 Å². The Kier molecular flexibility index (Phi) is 5.03. The van der Waals surface area contributed by atoms with E-state index >= 15 is 0 Å². The van der Waals surface area contributed by atoms with Gasteiger partial charge in [0, 0.05) is 33.5 Å². The van der Waals surface area contributed by atoms with Gasteiger partial charge in [0.1, 0.15) is 11.3 Å². The van der Waals surface area contributed by atoms with Gasteiger partial charge in [0.2, 0.25) is 0 Å². The Morgan fingerprint density at radius 3 is 2.61 bits per heavy atom. The molecule has 0 amide bonds. The molecule has 3 rings (SSSR count). The fourth-order valence-electron chi connectivity index (χ4n) is 2.20. The summed E-state index contributed by atoms with van der Waals surface area (Å²) in [5.74, 6) is 1.43. The minimum Gasteiger partial charge on any atom is -0.364 e. The molecule has 6 heteroatoms. The zero-order chi connectivity index (χ0) is 16.2. The number of rotatable bonds is 6. The second-order valence-electron chi connectivity index (χ2n) is 5.63. The van der Waals surface area contributed by atoms with Crippen molar-refractivity contribution in [2.75, 3.05) is 0 Å². The van der Waals surface area contributed by atoms with Gasteiger partial charge in [-0.2, -0.15) is 0 Å². The van der Waals surface area contributed by atoms with Gasteiger partial charge >= 0.3 is 0 Å². The molecule has 0 fully saturated rings. The average Bonchev–Trinajstić information content (AvgIpc) is 3.19. The summed E-state index contributed by atoms with van der Waals surface area (Å²) in [7, 11) is -1.01. The predicted molar refractivity (Wildman–Crippen MR) is 93.7 cm³/mol. The van der Waals surface area contributed by atoms with Crippen molar-refractivity contribution < 1.29 is 8.73 Å². The Labute approximate surface area is 142 Å². The molecule has 1 aromatic carbocycles. The normalized spacial score (nSPS) is 12.7. The molecule has 0 N–H and O–H groups in total. The first-order valence-corrected chi connectivity index (χ1v) is 9.71. The second kappa shape index (κ2) is 7.19. The topological polar surface area (TPSA) is 56.0 Å². The molecule has 3 aromatic rings. The summed E-state index contributed by atoms with van der Waals surface area (Å²) in [6, 6.07) is 10.2. The van der Waals surface area contributed by atoms with Crippen molar-refractivity contribution in [1.29, 1.82) is 0 Å². The lowest BCUT2D eigenvalue weighted by Gasteiger charge is -2.05. The standard InChI is InChI=1S/C17H18N2O2S2/c1-12(2)13-3-5-14(6-4-13)17-18-9-16(22-17)11-23(20)10-15-7-8-21-19-15/h3-9,12H,10-11H2,1-2H3/t23-/m1/s1. The van der Waals surface area contributed by atoms with E-state index in [-0.39, 0.29) is 0 Å². The fourth-order valence-corrected chi connectivity index (χ4v) is 4.52. The summed E-state index contributed by atoms with van der Waals surface area (Å²) in [6.07, 6.45) is 3.31. The van der Waals surface area contributed by atoms with Crippen molar-refractivity contribution in [1.82, 2.24) is 10.1 Å². The minimum absolute atomic E-state index is 0.410. The van der Waals surface area contributed by atoms with E-state index < -0.39 is 10.8 Å². The van der Waals surface area contributed by atoms with Gasteiger partial charge < -0.3 is 4.52 Å². The lowest BCUT2D eigenvalue weighted by Crippen LogP contribution is -1.98. The van der Waals surface area contributed by atoms with E-state index in [9.17, 15) is 4.21 Å². The average molecular weight is 346 g/mol. The Bertz CT molecular complexity index is 777. The molecule has 0 aliphatic heterocycles. The highest BCUT2D eigenvalue weighted by Gasteiger charge is 2.10. The van der Waals surface area contributed by atoms with Crippen molar-refractivity contribution in [3.8, 4) is 10.6 Å². The third-order valence-electron chi connectivity index (χ3n) is 3.48. The first-order valence-electron chi connectivity index (χ1n) is 7.41. The molecule has 0 bridgehead atoms. The number of hydrogen-bond acceptors (Lipinski definition) is 5. The highest BCUT2D eigenvalue weighted by atomic mass is 32.2. The van der Waals surface area contributed by atoms with Gasteiger partial charge in [-0.3, -0.25) is 4.21 Å². The smallest absolute Gasteiger partial charge is 0.124 e. The van der Waals surface area contributed by atoms with Crippen LogP contribution in [0.25, 0.3) is 10.6 Å². The quantitative estimate of drug-likeness (QED) is 0.665. The van der Waals surface area contributed by atoms with E-state index in [1.54, 1.807) is 17.4 Å². The third kappa shape index (κ3) is 4.14. The first-order chi connectivity index (χ1) is 11.1. The lowest BCUT2D eigenvalue weighted by molar-refractivity contribution is 0.414. The summed E-state index contributed by atoms with van der Waals surface area (Å²) in [5.41, 5.74) is 3.14. The van der Waals surface area contributed by atoms with Crippen LogP contribution >= 0.6 is 11.3 Å². The highest BCUT2D eigenvalue weighted by molar-refractivity contribution is 7.83. The van der Waals surface area contributed by atoms with Crippen LogP contribution in [0.3, 0.4) is 0 Å². The maximum absolute atomic E-state index is 12.2. The van der Waals surface area contributed by atoms with Gasteiger partial charge in [0.15, 0.2) is 0 Å². The van der Waals surface area contributed by atoms with E-state index in [0.717, 1.165) is 21.1 Å². The molecule has 1 atom stereocenters. The molecule has 0 aliphatic carbocycles. The molecule has 2 aromatic heterocycles. The molecule has 120 valence electrons. The number of thiazole rings is 1. The van der Waals surface area contributed by atoms with E-state index in [2.05, 4.69) is 48.3 Å². The van der Waals surface area contributed by atoms with Crippen molar-refractivity contribution in [2.45, 2.75) is 31.3 Å². The minimum atomic E-state index is -1.01. The van der Waals surface area contributed by atoms with Crippen LogP contribution in [0.1, 0.15) is 35.9 Å². The highest BCUT2D eigenvalue weighted by Crippen LogP contribution is 2.27. The van der Waals surface area contributed by atoms with Crippen LogP contribution in [0.5, 0.6) is 0 Å². The van der Waals surface area contributed by atoms with Crippen LogP contribution in [-0.2, 0) is 22.3 Å². The van der Waals surface area contributed by atoms with Crippen molar-refractivity contribution >= 4 is 22.1 Å². The zero-order valence-electron chi connectivity index (χ0n) is 13.1. The Morgan fingerprint density at radius 1 is 1.17 bits per heavy atom. The maximum Gasteiger partial charge on any atom is 0.124 e. The molecule has 0 aliphatic rings. The van der Waals surface area contributed by atoms with E-state index in [1.165, 1.54) is 11.8 Å². The van der Waals surface area contributed by atoms with Crippen LogP contribution in [0.2, 0.25) is 0 Å². The molecule has 0 spiro atoms. The molecular formula is C17H18N2O2S2. The van der Waals surface area contributed by atoms with Crippen LogP contribution < -0.4 is 0 Å². The molecule has 0 saturated heterocycles. The largest absolute Gasteiger partial charge is 0.364 e. The number of aromatic nitrogens is 2. The number of nitrogens with zero attached hydrogens (tertiary/aromatic N) is 2. The Morgan fingerprint density at radius 2 is 1.96 bits per heavy atom. The van der Waals surface area contributed by atoms with Crippen LogP contribution in [-0.4, -0.2) is 14.3 Å². The van der Waals surface area contributed by atoms with Gasteiger partial charge in [-0.25, -0.2) is 4.98 Å². The molecule has 4 nitrogen and oxygen atoms in total. The van der Waals surface area contributed by atoms with E-state index in [1.807, 2.05) is 6.20 Å². The SMILES string of the molecule is CC(C)c1ccc(-c2ncc(C[S@](=O)Cc3ccon3)s2)cc1.